The number of carbonyl (C=O) groups is 2. The van der Waals surface area contributed by atoms with E-state index in [4.69, 9.17) is 9.90 Å². The van der Waals surface area contributed by atoms with Gasteiger partial charge < -0.3 is 15.7 Å². The molecule has 1 spiro atoms. The molecule has 2 atom stereocenters. The molecule has 0 bridgehead atoms. The van der Waals surface area contributed by atoms with Crippen LogP contribution in [0.2, 0.25) is 0 Å². The van der Waals surface area contributed by atoms with Gasteiger partial charge in [-0.3, -0.25) is 4.79 Å². The molecule has 2 aliphatic rings. The molecule has 104 valence electrons. The van der Waals surface area contributed by atoms with Crippen molar-refractivity contribution >= 4 is 11.9 Å². The topological polar surface area (TPSA) is 78.4 Å². The monoisotopic (exact) mass is 268 g/mol. The quantitative estimate of drug-likeness (QED) is 0.598. The molecule has 18 heavy (non-hydrogen) atoms. The molecule has 2 saturated heterocycles. The molecule has 0 aromatic carbocycles. The van der Waals surface area contributed by atoms with E-state index in [1.165, 1.54) is 0 Å². The highest BCUT2D eigenvalue weighted by atomic mass is 19.4. The molecule has 1 amide bonds. The third-order valence-electron chi connectivity index (χ3n) is 3.04. The average molecular weight is 268 g/mol. The second-order valence-electron chi connectivity index (χ2n) is 4.59. The number of hydrogen-bond acceptors (Lipinski definition) is 3. The summed E-state index contributed by atoms with van der Waals surface area (Å²) in [4.78, 5) is 20.4. The molecule has 2 heterocycles. The van der Waals surface area contributed by atoms with Gasteiger partial charge in [-0.25, -0.2) is 4.79 Å². The van der Waals surface area contributed by atoms with Gasteiger partial charge in [0.25, 0.3) is 0 Å². The molecule has 2 aliphatic heterocycles. The number of halogens is 3. The zero-order valence-corrected chi connectivity index (χ0v) is 9.80. The van der Waals surface area contributed by atoms with E-state index in [1.807, 2.05) is 0 Å². The Morgan fingerprint density at radius 1 is 1.50 bits per heavy atom. The molecule has 2 rings (SSSR count). The number of carboxylic acid groups (broad SMARTS) is 1. The van der Waals surface area contributed by atoms with Crippen LogP contribution >= 0.6 is 0 Å². The van der Waals surface area contributed by atoms with E-state index >= 15 is 0 Å². The molecular weight excluding hydrogens is 253 g/mol. The Morgan fingerprint density at radius 2 is 2.06 bits per heavy atom. The van der Waals surface area contributed by atoms with Gasteiger partial charge in [0.05, 0.1) is 5.41 Å². The summed E-state index contributed by atoms with van der Waals surface area (Å²) in [5.41, 5.74) is -0.0422. The van der Waals surface area contributed by atoms with Crippen LogP contribution in [0, 0.1) is 5.41 Å². The maximum absolute atomic E-state index is 11.5. The maximum atomic E-state index is 11.5. The van der Waals surface area contributed by atoms with Crippen molar-refractivity contribution in [2.75, 3.05) is 13.1 Å². The van der Waals surface area contributed by atoms with Gasteiger partial charge in [-0.2, -0.15) is 13.2 Å². The standard InChI is InChI=1S/C8H14N2O.C2HF3O2/c1-6-4-8(7(11)10-6)2-3-9-5-8;3-2(4,5)1(6)7/h6,9H,2-5H2,1H3,(H,10,11);(H,6,7). The number of amides is 1. The Labute approximate surface area is 102 Å². The lowest BCUT2D eigenvalue weighted by Crippen LogP contribution is -2.33. The summed E-state index contributed by atoms with van der Waals surface area (Å²) in [5, 5.41) is 13.3. The van der Waals surface area contributed by atoms with Gasteiger partial charge in [0, 0.05) is 12.6 Å². The molecule has 2 fully saturated rings. The molecular formula is C10H15F3N2O3. The summed E-state index contributed by atoms with van der Waals surface area (Å²) in [7, 11) is 0. The Balaban J connectivity index is 0.000000203. The van der Waals surface area contributed by atoms with Crippen molar-refractivity contribution in [3.05, 3.63) is 0 Å². The number of carbonyl (C=O) groups excluding carboxylic acids is 1. The fourth-order valence-corrected chi connectivity index (χ4v) is 2.22. The van der Waals surface area contributed by atoms with E-state index in [-0.39, 0.29) is 11.3 Å². The first-order chi connectivity index (χ1) is 8.17. The summed E-state index contributed by atoms with van der Waals surface area (Å²) < 4.78 is 31.7. The summed E-state index contributed by atoms with van der Waals surface area (Å²) in [6.45, 7) is 3.95. The second kappa shape index (κ2) is 5.13. The smallest absolute Gasteiger partial charge is 0.475 e. The summed E-state index contributed by atoms with van der Waals surface area (Å²) in [6, 6.07) is 0.377. The van der Waals surface area contributed by atoms with E-state index in [2.05, 4.69) is 17.6 Å². The minimum atomic E-state index is -5.08. The third kappa shape index (κ3) is 3.34. The van der Waals surface area contributed by atoms with Crippen LogP contribution in [0.15, 0.2) is 0 Å². The van der Waals surface area contributed by atoms with Crippen LogP contribution in [0.4, 0.5) is 13.2 Å². The molecule has 5 nitrogen and oxygen atoms in total. The molecule has 2 unspecified atom stereocenters. The Morgan fingerprint density at radius 3 is 2.33 bits per heavy atom. The second-order valence-corrected chi connectivity index (χ2v) is 4.59. The predicted octanol–water partition coefficient (Wildman–Crippen LogP) is 0.508. The number of aliphatic carboxylic acids is 1. The van der Waals surface area contributed by atoms with E-state index < -0.39 is 12.1 Å². The van der Waals surface area contributed by atoms with Crippen LogP contribution in [-0.4, -0.2) is 42.3 Å². The number of nitrogens with one attached hydrogen (secondary N) is 2. The number of rotatable bonds is 0. The third-order valence-corrected chi connectivity index (χ3v) is 3.04. The van der Waals surface area contributed by atoms with Gasteiger partial charge in [0.15, 0.2) is 0 Å². The van der Waals surface area contributed by atoms with Crippen molar-refractivity contribution in [2.24, 2.45) is 5.41 Å². The van der Waals surface area contributed by atoms with Crippen molar-refractivity contribution in [3.8, 4) is 0 Å². The van der Waals surface area contributed by atoms with E-state index in [9.17, 15) is 18.0 Å². The van der Waals surface area contributed by atoms with Crippen molar-refractivity contribution in [2.45, 2.75) is 32.0 Å². The maximum Gasteiger partial charge on any atom is 0.490 e. The fraction of sp³-hybridized carbons (Fsp3) is 0.800. The zero-order chi connectivity index (χ0) is 14.0. The van der Waals surface area contributed by atoms with Crippen LogP contribution in [0.5, 0.6) is 0 Å². The van der Waals surface area contributed by atoms with Crippen LogP contribution < -0.4 is 10.6 Å². The first-order valence-electron chi connectivity index (χ1n) is 5.49. The number of carboxylic acids is 1. The van der Waals surface area contributed by atoms with Crippen LogP contribution in [0.1, 0.15) is 19.8 Å². The Hall–Kier alpha value is -1.31. The highest BCUT2D eigenvalue weighted by Gasteiger charge is 2.46. The Bertz CT molecular complexity index is 338. The molecule has 0 radical (unpaired) electrons. The van der Waals surface area contributed by atoms with Gasteiger partial charge in [-0.05, 0) is 26.3 Å². The van der Waals surface area contributed by atoms with Gasteiger partial charge >= 0.3 is 12.1 Å². The van der Waals surface area contributed by atoms with E-state index in [1.54, 1.807) is 0 Å². The lowest BCUT2D eigenvalue weighted by atomic mass is 9.84. The molecule has 3 N–H and O–H groups in total. The lowest BCUT2D eigenvalue weighted by molar-refractivity contribution is -0.192. The SMILES string of the molecule is CC1CC2(CCNC2)C(=O)N1.O=C(O)C(F)(F)F. The summed E-state index contributed by atoms with van der Waals surface area (Å²) in [5.74, 6) is -2.50. The number of alkyl halides is 3. The molecule has 0 aromatic heterocycles. The van der Waals surface area contributed by atoms with E-state index in [0.29, 0.717) is 6.04 Å². The van der Waals surface area contributed by atoms with Gasteiger partial charge in [-0.15, -0.1) is 0 Å². The largest absolute Gasteiger partial charge is 0.490 e. The average Bonchev–Trinajstić information content (AvgIpc) is 2.76. The highest BCUT2D eigenvalue weighted by molar-refractivity contribution is 5.85. The van der Waals surface area contributed by atoms with Crippen molar-refractivity contribution in [1.29, 1.82) is 0 Å². The van der Waals surface area contributed by atoms with Gasteiger partial charge in [-0.1, -0.05) is 0 Å². The normalized spacial score (nSPS) is 30.9. The Kier molecular flexibility index (Phi) is 4.20. The first kappa shape index (κ1) is 14.7. The minimum absolute atomic E-state index is 0.0422. The van der Waals surface area contributed by atoms with Crippen LogP contribution in [0.25, 0.3) is 0 Å². The van der Waals surface area contributed by atoms with Gasteiger partial charge in [0.1, 0.15) is 0 Å². The summed E-state index contributed by atoms with van der Waals surface area (Å²) in [6.07, 6.45) is -3.05. The highest BCUT2D eigenvalue weighted by Crippen LogP contribution is 2.35. The first-order valence-corrected chi connectivity index (χ1v) is 5.49. The van der Waals surface area contributed by atoms with Gasteiger partial charge in [0.2, 0.25) is 5.91 Å². The zero-order valence-electron chi connectivity index (χ0n) is 9.80. The molecule has 8 heteroatoms. The summed E-state index contributed by atoms with van der Waals surface area (Å²) >= 11 is 0. The van der Waals surface area contributed by atoms with E-state index in [0.717, 1.165) is 25.9 Å². The molecule has 0 saturated carbocycles. The molecule has 0 aromatic rings. The number of hydrogen-bond donors (Lipinski definition) is 3. The van der Waals surface area contributed by atoms with Crippen LogP contribution in [-0.2, 0) is 9.59 Å². The van der Waals surface area contributed by atoms with Crippen molar-refractivity contribution in [1.82, 2.24) is 10.6 Å². The van der Waals surface area contributed by atoms with Crippen molar-refractivity contribution in [3.63, 3.8) is 0 Å². The van der Waals surface area contributed by atoms with Crippen molar-refractivity contribution < 1.29 is 27.9 Å². The lowest BCUT2D eigenvalue weighted by Gasteiger charge is -2.16. The minimum Gasteiger partial charge on any atom is -0.475 e. The molecule has 0 aliphatic carbocycles. The van der Waals surface area contributed by atoms with Crippen LogP contribution in [0.3, 0.4) is 0 Å². The fourth-order valence-electron chi connectivity index (χ4n) is 2.22. The predicted molar refractivity (Wildman–Crippen MR) is 55.8 cm³/mol.